The Labute approximate surface area is 155 Å². The molecule has 0 aliphatic heterocycles. The highest BCUT2D eigenvalue weighted by Crippen LogP contribution is 2.27. The van der Waals surface area contributed by atoms with Crippen LogP contribution in [0.15, 0.2) is 59.5 Å². The van der Waals surface area contributed by atoms with Gasteiger partial charge in [-0.15, -0.1) is 11.8 Å². The van der Waals surface area contributed by atoms with Crippen molar-refractivity contribution in [2.75, 3.05) is 18.2 Å². The van der Waals surface area contributed by atoms with E-state index in [4.69, 9.17) is 5.73 Å². The van der Waals surface area contributed by atoms with Crippen LogP contribution in [-0.2, 0) is 4.79 Å². The van der Waals surface area contributed by atoms with Crippen LogP contribution in [0.5, 0.6) is 0 Å². The third-order valence-corrected chi connectivity index (χ3v) is 4.75. The Hall–Kier alpha value is -3.06. The number of thioether (sulfide) groups is 1. The molecule has 0 aliphatic carbocycles. The first kappa shape index (κ1) is 17.8. The molecule has 0 aliphatic rings. The van der Waals surface area contributed by atoms with Crippen LogP contribution in [0.4, 0.5) is 5.69 Å². The quantitative estimate of drug-likeness (QED) is 0.537. The molecule has 132 valence electrons. The van der Waals surface area contributed by atoms with E-state index in [0.717, 1.165) is 33.9 Å². The first-order chi connectivity index (χ1) is 12.5. The lowest BCUT2D eigenvalue weighted by atomic mass is 10.1. The molecule has 0 bridgehead atoms. The lowest BCUT2D eigenvalue weighted by Gasteiger charge is -2.12. The Morgan fingerprint density at radius 3 is 2.35 bits per heavy atom. The van der Waals surface area contributed by atoms with Gasteiger partial charge in [0.05, 0.1) is 11.4 Å². The van der Waals surface area contributed by atoms with Crippen molar-refractivity contribution >= 4 is 29.8 Å². The highest BCUT2D eigenvalue weighted by molar-refractivity contribution is 7.98. The van der Waals surface area contributed by atoms with Gasteiger partial charge in [-0.05, 0) is 48.7 Å². The molecule has 0 saturated heterocycles. The summed E-state index contributed by atoms with van der Waals surface area (Å²) >= 11 is 1.66. The Bertz CT molecular complexity index is 933. The fourth-order valence-corrected chi connectivity index (χ4v) is 2.96. The number of benzene rings is 2. The Balaban J connectivity index is 2.07. The predicted molar refractivity (Wildman–Crippen MR) is 104 cm³/mol. The zero-order chi connectivity index (χ0) is 18.7. The van der Waals surface area contributed by atoms with Crippen molar-refractivity contribution in [1.82, 2.24) is 9.78 Å². The van der Waals surface area contributed by atoms with E-state index >= 15 is 0 Å². The monoisotopic (exact) mass is 366 g/mol. The SMILES string of the molecule is CSc1ccc(-c2cc(C(N)=O)nn2-c2ccc(N(C)C=O)cc2)cc1. The molecule has 2 aromatic carbocycles. The van der Waals surface area contributed by atoms with Crippen LogP contribution < -0.4 is 10.6 Å². The van der Waals surface area contributed by atoms with Crippen LogP contribution in [0, 0.1) is 0 Å². The van der Waals surface area contributed by atoms with Crippen LogP contribution in [0.2, 0.25) is 0 Å². The molecule has 3 aromatic rings. The van der Waals surface area contributed by atoms with Crippen molar-refractivity contribution in [1.29, 1.82) is 0 Å². The third-order valence-electron chi connectivity index (χ3n) is 4.01. The van der Waals surface area contributed by atoms with Gasteiger partial charge in [0, 0.05) is 23.2 Å². The fraction of sp³-hybridized carbons (Fsp3) is 0.105. The standard InChI is InChI=1S/C19H18N4O2S/c1-22(12-24)14-5-7-15(8-6-14)23-18(11-17(21-23)19(20)25)13-3-9-16(26-2)10-4-13/h3-12H,1-2H3,(H2,20,25). The Morgan fingerprint density at radius 2 is 1.81 bits per heavy atom. The number of hydrogen-bond acceptors (Lipinski definition) is 4. The number of anilines is 1. The zero-order valence-electron chi connectivity index (χ0n) is 14.4. The van der Waals surface area contributed by atoms with Gasteiger partial charge in [-0.1, -0.05) is 12.1 Å². The van der Waals surface area contributed by atoms with E-state index in [1.165, 1.54) is 4.90 Å². The van der Waals surface area contributed by atoms with Crippen LogP contribution in [0.25, 0.3) is 16.9 Å². The average Bonchev–Trinajstić information content (AvgIpc) is 3.13. The minimum Gasteiger partial charge on any atom is -0.364 e. The third kappa shape index (κ3) is 3.48. The van der Waals surface area contributed by atoms with Crippen molar-refractivity contribution in [3.05, 3.63) is 60.3 Å². The molecule has 6 nitrogen and oxygen atoms in total. The predicted octanol–water partition coefficient (Wildman–Crippen LogP) is 2.95. The number of aromatic nitrogens is 2. The molecular formula is C19H18N4O2S. The van der Waals surface area contributed by atoms with Gasteiger partial charge in [0.1, 0.15) is 0 Å². The second-order valence-electron chi connectivity index (χ2n) is 5.65. The maximum absolute atomic E-state index is 11.6. The van der Waals surface area contributed by atoms with Crippen LogP contribution in [-0.4, -0.2) is 35.4 Å². The molecule has 3 rings (SSSR count). The van der Waals surface area contributed by atoms with Gasteiger partial charge in [-0.25, -0.2) is 4.68 Å². The van der Waals surface area contributed by atoms with Gasteiger partial charge in [0.15, 0.2) is 5.69 Å². The van der Waals surface area contributed by atoms with Crippen molar-refractivity contribution in [3.63, 3.8) is 0 Å². The van der Waals surface area contributed by atoms with E-state index in [9.17, 15) is 9.59 Å². The van der Waals surface area contributed by atoms with E-state index in [1.807, 2.05) is 54.8 Å². The minimum atomic E-state index is -0.581. The minimum absolute atomic E-state index is 0.197. The summed E-state index contributed by atoms with van der Waals surface area (Å²) in [4.78, 5) is 25.1. The van der Waals surface area contributed by atoms with Crippen molar-refractivity contribution in [3.8, 4) is 16.9 Å². The van der Waals surface area contributed by atoms with Gasteiger partial charge in [-0.3, -0.25) is 9.59 Å². The summed E-state index contributed by atoms with van der Waals surface area (Å²) in [5.74, 6) is -0.581. The number of primary amides is 1. The number of nitrogens with two attached hydrogens (primary N) is 1. The van der Waals surface area contributed by atoms with Crippen LogP contribution in [0.3, 0.4) is 0 Å². The molecule has 0 atom stereocenters. The Kier molecular flexibility index (Phi) is 5.09. The number of nitrogens with zero attached hydrogens (tertiary/aromatic N) is 3. The molecule has 0 radical (unpaired) electrons. The molecule has 7 heteroatoms. The van der Waals surface area contributed by atoms with Crippen molar-refractivity contribution < 1.29 is 9.59 Å². The first-order valence-electron chi connectivity index (χ1n) is 7.86. The zero-order valence-corrected chi connectivity index (χ0v) is 15.2. The molecule has 0 spiro atoms. The van der Waals surface area contributed by atoms with E-state index in [2.05, 4.69) is 5.10 Å². The summed E-state index contributed by atoms with van der Waals surface area (Å²) in [6.07, 6.45) is 2.76. The summed E-state index contributed by atoms with van der Waals surface area (Å²) < 4.78 is 1.68. The second kappa shape index (κ2) is 7.45. The molecule has 1 heterocycles. The number of rotatable bonds is 6. The van der Waals surface area contributed by atoms with E-state index < -0.39 is 5.91 Å². The van der Waals surface area contributed by atoms with Gasteiger partial charge in [-0.2, -0.15) is 5.10 Å². The number of hydrogen-bond donors (Lipinski definition) is 1. The van der Waals surface area contributed by atoms with Gasteiger partial charge < -0.3 is 10.6 Å². The van der Waals surface area contributed by atoms with Crippen molar-refractivity contribution in [2.24, 2.45) is 5.73 Å². The van der Waals surface area contributed by atoms with Gasteiger partial charge in [0.25, 0.3) is 5.91 Å². The molecule has 0 saturated carbocycles. The lowest BCUT2D eigenvalue weighted by Crippen LogP contribution is -2.14. The highest BCUT2D eigenvalue weighted by Gasteiger charge is 2.15. The summed E-state index contributed by atoms with van der Waals surface area (Å²) in [6, 6.07) is 17.0. The largest absolute Gasteiger partial charge is 0.364 e. The average molecular weight is 366 g/mol. The van der Waals surface area contributed by atoms with Crippen LogP contribution >= 0.6 is 11.8 Å². The number of carbonyl (C=O) groups excluding carboxylic acids is 2. The van der Waals surface area contributed by atoms with Gasteiger partial charge >= 0.3 is 0 Å². The lowest BCUT2D eigenvalue weighted by molar-refractivity contribution is -0.107. The van der Waals surface area contributed by atoms with Gasteiger partial charge in [0.2, 0.25) is 6.41 Å². The summed E-state index contributed by atoms with van der Waals surface area (Å²) in [6.45, 7) is 0. The van der Waals surface area contributed by atoms with E-state index in [-0.39, 0.29) is 5.69 Å². The Morgan fingerprint density at radius 1 is 1.15 bits per heavy atom. The molecule has 2 amide bonds. The first-order valence-corrected chi connectivity index (χ1v) is 9.09. The fourth-order valence-electron chi connectivity index (χ4n) is 2.56. The molecule has 0 fully saturated rings. The maximum Gasteiger partial charge on any atom is 0.269 e. The molecular weight excluding hydrogens is 348 g/mol. The smallest absolute Gasteiger partial charge is 0.269 e. The van der Waals surface area contributed by atoms with Crippen molar-refractivity contribution in [2.45, 2.75) is 4.90 Å². The van der Waals surface area contributed by atoms with E-state index in [0.29, 0.717) is 0 Å². The summed E-state index contributed by atoms with van der Waals surface area (Å²) in [7, 11) is 1.68. The van der Waals surface area contributed by atoms with E-state index in [1.54, 1.807) is 29.6 Å². The normalized spacial score (nSPS) is 10.5. The summed E-state index contributed by atoms with van der Waals surface area (Å²) in [5.41, 5.74) is 8.84. The summed E-state index contributed by atoms with van der Waals surface area (Å²) in [5, 5.41) is 4.35. The second-order valence-corrected chi connectivity index (χ2v) is 6.53. The molecule has 1 aromatic heterocycles. The molecule has 0 unspecified atom stereocenters. The molecule has 26 heavy (non-hydrogen) atoms. The highest BCUT2D eigenvalue weighted by atomic mass is 32.2. The van der Waals surface area contributed by atoms with Crippen LogP contribution in [0.1, 0.15) is 10.5 Å². The maximum atomic E-state index is 11.6. The number of carbonyl (C=O) groups is 2. The molecule has 2 N–H and O–H groups in total. The topological polar surface area (TPSA) is 81.2 Å². The number of amides is 2.